The van der Waals surface area contributed by atoms with Crippen LogP contribution in [-0.2, 0) is 5.41 Å². The van der Waals surface area contributed by atoms with Crippen molar-refractivity contribution in [3.05, 3.63) is 151 Å². The molecule has 0 radical (unpaired) electrons. The van der Waals surface area contributed by atoms with Crippen molar-refractivity contribution in [2.24, 2.45) is 0 Å². The molecule has 6 aromatic carbocycles. The van der Waals surface area contributed by atoms with Crippen LogP contribution in [-0.4, -0.2) is 0 Å². The zero-order chi connectivity index (χ0) is 27.6. The van der Waals surface area contributed by atoms with Gasteiger partial charge in [-0.15, -0.1) is 0 Å². The van der Waals surface area contributed by atoms with Crippen LogP contribution in [0.2, 0.25) is 0 Å². The van der Waals surface area contributed by atoms with Crippen LogP contribution in [0.4, 0.5) is 17.1 Å². The van der Waals surface area contributed by atoms with Gasteiger partial charge in [-0.05, 0) is 70.3 Å². The van der Waals surface area contributed by atoms with Crippen molar-refractivity contribution < 1.29 is 4.42 Å². The first-order valence-corrected chi connectivity index (χ1v) is 14.2. The molecule has 0 fully saturated rings. The van der Waals surface area contributed by atoms with Gasteiger partial charge in [0, 0.05) is 38.8 Å². The fourth-order valence-electron chi connectivity index (χ4n) is 6.60. The second-order valence-corrected chi connectivity index (χ2v) is 11.4. The molecule has 0 atom stereocenters. The second-order valence-electron chi connectivity index (χ2n) is 11.4. The lowest BCUT2D eigenvalue weighted by atomic mass is 9.82. The van der Waals surface area contributed by atoms with Gasteiger partial charge in [0.1, 0.15) is 11.2 Å². The molecule has 0 saturated heterocycles. The molecule has 7 aromatic rings. The molecule has 0 bridgehead atoms. The van der Waals surface area contributed by atoms with Crippen LogP contribution in [0.25, 0.3) is 44.2 Å². The van der Waals surface area contributed by atoms with Crippen LogP contribution in [0, 0.1) is 0 Å². The average Bonchev–Trinajstić information content (AvgIpc) is 3.51. The first-order chi connectivity index (χ1) is 20.1. The van der Waals surface area contributed by atoms with Crippen LogP contribution in [0.5, 0.6) is 0 Å². The Balaban J connectivity index is 1.32. The number of hydrogen-bond donors (Lipinski definition) is 0. The zero-order valence-electron chi connectivity index (χ0n) is 23.1. The number of hydrogen-bond acceptors (Lipinski definition) is 2. The van der Waals surface area contributed by atoms with Gasteiger partial charge >= 0.3 is 0 Å². The summed E-state index contributed by atoms with van der Waals surface area (Å²) in [5, 5.41) is 2.34. The monoisotopic (exact) mass is 527 g/mol. The molecule has 196 valence electrons. The fourth-order valence-corrected chi connectivity index (χ4v) is 6.60. The Morgan fingerprint density at radius 2 is 1.12 bits per heavy atom. The summed E-state index contributed by atoms with van der Waals surface area (Å²) in [6.07, 6.45) is 0. The van der Waals surface area contributed by atoms with Gasteiger partial charge in [-0.1, -0.05) is 111 Å². The van der Waals surface area contributed by atoms with E-state index in [1.54, 1.807) is 0 Å². The first kappa shape index (κ1) is 23.8. The van der Waals surface area contributed by atoms with Crippen LogP contribution in [0.1, 0.15) is 25.0 Å². The summed E-state index contributed by atoms with van der Waals surface area (Å²) in [5.74, 6) is 0. The lowest BCUT2D eigenvalue weighted by Crippen LogP contribution is -2.15. The topological polar surface area (TPSA) is 16.4 Å². The summed E-state index contributed by atoms with van der Waals surface area (Å²) < 4.78 is 6.56. The second kappa shape index (κ2) is 8.97. The van der Waals surface area contributed by atoms with E-state index in [0.29, 0.717) is 0 Å². The molecule has 1 aromatic heterocycles. The molecule has 0 saturated carbocycles. The number of furan rings is 1. The lowest BCUT2D eigenvalue weighted by Gasteiger charge is -2.27. The Hall–Kier alpha value is -5.08. The van der Waals surface area contributed by atoms with Gasteiger partial charge in [-0.3, -0.25) is 0 Å². The largest absolute Gasteiger partial charge is 0.455 e. The van der Waals surface area contributed by atoms with E-state index < -0.39 is 0 Å². The third kappa shape index (κ3) is 3.64. The summed E-state index contributed by atoms with van der Waals surface area (Å²) in [6, 6.07) is 49.8. The fraction of sp³-hybridized carbons (Fsp3) is 0.0769. The normalized spacial score (nSPS) is 13.3. The Bertz CT molecular complexity index is 2050. The van der Waals surface area contributed by atoms with E-state index in [4.69, 9.17) is 4.42 Å². The van der Waals surface area contributed by atoms with Gasteiger partial charge in [0.25, 0.3) is 0 Å². The van der Waals surface area contributed by atoms with Crippen LogP contribution in [0.3, 0.4) is 0 Å². The minimum atomic E-state index is -0.120. The molecular formula is C39H29NO. The average molecular weight is 528 g/mol. The van der Waals surface area contributed by atoms with Crippen molar-refractivity contribution >= 4 is 39.0 Å². The van der Waals surface area contributed by atoms with Crippen LogP contribution >= 0.6 is 0 Å². The molecule has 41 heavy (non-hydrogen) atoms. The third-order valence-corrected chi connectivity index (χ3v) is 8.67. The predicted octanol–water partition coefficient (Wildman–Crippen LogP) is 11.0. The Kier molecular flexibility index (Phi) is 5.20. The van der Waals surface area contributed by atoms with Crippen molar-refractivity contribution in [3.63, 3.8) is 0 Å². The molecule has 8 rings (SSSR count). The van der Waals surface area contributed by atoms with Crippen molar-refractivity contribution in [2.75, 3.05) is 4.90 Å². The Morgan fingerprint density at radius 3 is 1.90 bits per heavy atom. The highest BCUT2D eigenvalue weighted by atomic mass is 16.3. The van der Waals surface area contributed by atoms with E-state index >= 15 is 0 Å². The summed E-state index contributed by atoms with van der Waals surface area (Å²) >= 11 is 0. The number of rotatable bonds is 4. The van der Waals surface area contributed by atoms with Gasteiger partial charge in [-0.25, -0.2) is 0 Å². The highest BCUT2D eigenvalue weighted by Crippen LogP contribution is 2.54. The van der Waals surface area contributed by atoms with Gasteiger partial charge in [0.05, 0.1) is 0 Å². The zero-order valence-corrected chi connectivity index (χ0v) is 23.1. The first-order valence-electron chi connectivity index (χ1n) is 14.2. The minimum absolute atomic E-state index is 0.120. The van der Waals surface area contributed by atoms with E-state index in [9.17, 15) is 0 Å². The van der Waals surface area contributed by atoms with Gasteiger partial charge in [0.15, 0.2) is 0 Å². The van der Waals surface area contributed by atoms with E-state index in [1.807, 2.05) is 6.07 Å². The van der Waals surface area contributed by atoms with Crippen LogP contribution < -0.4 is 4.90 Å². The van der Waals surface area contributed by atoms with Crippen molar-refractivity contribution in [1.29, 1.82) is 0 Å². The predicted molar refractivity (Wildman–Crippen MR) is 171 cm³/mol. The molecule has 1 aliphatic rings. The standard InChI is InChI=1S/C39H29NO/c1-39(2)34-23-21-30(25-33(34)37-35(39)24-22-32-31-15-9-10-16-36(31)41-38(32)37)40(28-13-7-4-8-14-28)29-19-17-27(18-20-29)26-11-5-3-6-12-26/h3-25H,1-2H3. The molecule has 0 unspecified atom stereocenters. The molecule has 2 heteroatoms. The molecule has 0 aliphatic heterocycles. The van der Waals surface area contributed by atoms with E-state index in [1.165, 1.54) is 38.8 Å². The summed E-state index contributed by atoms with van der Waals surface area (Å²) in [7, 11) is 0. The Morgan fingerprint density at radius 1 is 0.512 bits per heavy atom. The highest BCUT2D eigenvalue weighted by molar-refractivity contribution is 6.12. The van der Waals surface area contributed by atoms with Crippen molar-refractivity contribution in [3.8, 4) is 22.3 Å². The Labute approximate surface area is 240 Å². The molecule has 1 aliphatic carbocycles. The number of fused-ring (bicyclic) bond motifs is 7. The van der Waals surface area contributed by atoms with Gasteiger partial charge < -0.3 is 9.32 Å². The van der Waals surface area contributed by atoms with Crippen molar-refractivity contribution in [1.82, 2.24) is 0 Å². The number of anilines is 3. The number of nitrogens with zero attached hydrogens (tertiary/aromatic N) is 1. The summed E-state index contributed by atoms with van der Waals surface area (Å²) in [5.41, 5.74) is 12.7. The minimum Gasteiger partial charge on any atom is -0.455 e. The quantitative estimate of drug-likeness (QED) is 0.226. The van der Waals surface area contributed by atoms with E-state index in [2.05, 4.69) is 152 Å². The van der Waals surface area contributed by atoms with Crippen molar-refractivity contribution in [2.45, 2.75) is 19.3 Å². The maximum atomic E-state index is 6.56. The summed E-state index contributed by atoms with van der Waals surface area (Å²) in [4.78, 5) is 2.35. The highest BCUT2D eigenvalue weighted by Gasteiger charge is 2.38. The molecule has 0 amide bonds. The number of benzene rings is 6. The maximum Gasteiger partial charge on any atom is 0.143 e. The molecule has 1 heterocycles. The van der Waals surface area contributed by atoms with Gasteiger partial charge in [0.2, 0.25) is 0 Å². The van der Waals surface area contributed by atoms with Crippen LogP contribution in [0.15, 0.2) is 144 Å². The molecule has 2 nitrogen and oxygen atoms in total. The van der Waals surface area contributed by atoms with Gasteiger partial charge in [-0.2, -0.15) is 0 Å². The van der Waals surface area contributed by atoms with E-state index in [0.717, 1.165) is 33.6 Å². The number of para-hydroxylation sites is 2. The third-order valence-electron chi connectivity index (χ3n) is 8.67. The molecule has 0 spiro atoms. The molecule has 0 N–H and O–H groups in total. The SMILES string of the molecule is CC1(C)c2ccc(N(c3ccccc3)c3ccc(-c4ccccc4)cc3)cc2-c2c1ccc1c2oc2ccccc21. The maximum absolute atomic E-state index is 6.56. The molecular weight excluding hydrogens is 498 g/mol. The van der Waals surface area contributed by atoms with E-state index in [-0.39, 0.29) is 5.41 Å². The smallest absolute Gasteiger partial charge is 0.143 e. The lowest BCUT2D eigenvalue weighted by molar-refractivity contribution is 0.653. The summed E-state index contributed by atoms with van der Waals surface area (Å²) in [6.45, 7) is 4.65.